The summed E-state index contributed by atoms with van der Waals surface area (Å²) in [6.07, 6.45) is 1.92. The van der Waals surface area contributed by atoms with Crippen LogP contribution in [0.4, 0.5) is 9.59 Å². The molecule has 8 nitrogen and oxygen atoms in total. The zero-order chi connectivity index (χ0) is 22.2. The Bertz CT molecular complexity index is 570. The van der Waals surface area contributed by atoms with Gasteiger partial charge in [0.15, 0.2) is 0 Å². The van der Waals surface area contributed by atoms with E-state index >= 15 is 0 Å². The van der Waals surface area contributed by atoms with Gasteiger partial charge in [-0.3, -0.25) is 0 Å². The van der Waals surface area contributed by atoms with Crippen LogP contribution in [-0.4, -0.2) is 70.5 Å². The predicted molar refractivity (Wildman–Crippen MR) is 113 cm³/mol. The van der Waals surface area contributed by atoms with Gasteiger partial charge in [0.1, 0.15) is 11.2 Å². The molecule has 0 aromatic rings. The fourth-order valence-electron chi connectivity index (χ4n) is 3.09. The molecule has 0 aliphatic carbocycles. The molecule has 0 saturated carbocycles. The summed E-state index contributed by atoms with van der Waals surface area (Å²) in [5, 5.41) is 9.19. The number of ether oxygens (including phenoxy) is 2. The third kappa shape index (κ3) is 9.47. The SMILES string of the molecule is CCCN(C(=O)OC(C)(C)C)C(=NC(=O)OC(C)(C)C)N1CCC(CCO)CC1. The number of aliphatic hydroxyl groups excluding tert-OH is 1. The molecule has 0 aromatic heterocycles. The maximum Gasteiger partial charge on any atom is 0.437 e. The average Bonchev–Trinajstić information content (AvgIpc) is 2.56. The van der Waals surface area contributed by atoms with Crippen LogP contribution in [0.5, 0.6) is 0 Å². The molecule has 8 heteroatoms. The van der Waals surface area contributed by atoms with Gasteiger partial charge >= 0.3 is 12.2 Å². The maximum atomic E-state index is 12.9. The molecule has 0 unspecified atom stereocenters. The lowest BCUT2D eigenvalue weighted by Gasteiger charge is -2.38. The van der Waals surface area contributed by atoms with Crippen molar-refractivity contribution < 1.29 is 24.2 Å². The number of hydrogen-bond acceptors (Lipinski definition) is 5. The van der Waals surface area contributed by atoms with Crippen LogP contribution < -0.4 is 0 Å². The van der Waals surface area contributed by atoms with Crippen molar-refractivity contribution >= 4 is 18.1 Å². The Morgan fingerprint density at radius 1 is 1.07 bits per heavy atom. The highest BCUT2D eigenvalue weighted by Gasteiger charge is 2.32. The fourth-order valence-corrected chi connectivity index (χ4v) is 3.09. The Balaban J connectivity index is 3.15. The van der Waals surface area contributed by atoms with Gasteiger partial charge in [-0.05, 0) is 73.1 Å². The van der Waals surface area contributed by atoms with Gasteiger partial charge in [-0.15, -0.1) is 4.99 Å². The van der Waals surface area contributed by atoms with E-state index in [1.165, 1.54) is 4.90 Å². The summed E-state index contributed by atoms with van der Waals surface area (Å²) in [7, 11) is 0. The Hall–Kier alpha value is -1.83. The largest absolute Gasteiger partial charge is 0.443 e. The van der Waals surface area contributed by atoms with Crippen molar-refractivity contribution in [3.8, 4) is 0 Å². The Morgan fingerprint density at radius 2 is 1.62 bits per heavy atom. The second kappa shape index (κ2) is 10.8. The summed E-state index contributed by atoms with van der Waals surface area (Å²) in [6.45, 7) is 14.5. The molecule has 2 amide bonds. The highest BCUT2D eigenvalue weighted by molar-refractivity contribution is 5.99. The third-order valence-corrected chi connectivity index (χ3v) is 4.32. The van der Waals surface area contributed by atoms with Crippen molar-refractivity contribution in [3.05, 3.63) is 0 Å². The van der Waals surface area contributed by atoms with Gasteiger partial charge in [0.05, 0.1) is 0 Å². The minimum atomic E-state index is -0.727. The molecule has 0 aromatic carbocycles. The summed E-state index contributed by atoms with van der Waals surface area (Å²) < 4.78 is 10.9. The van der Waals surface area contributed by atoms with E-state index in [1.54, 1.807) is 41.5 Å². The molecular formula is C21H39N3O5. The second-order valence-corrected chi connectivity index (χ2v) is 9.47. The second-order valence-electron chi connectivity index (χ2n) is 9.47. The van der Waals surface area contributed by atoms with Crippen LogP contribution in [-0.2, 0) is 9.47 Å². The fraction of sp³-hybridized carbons (Fsp3) is 0.857. The molecule has 1 aliphatic rings. The molecule has 0 radical (unpaired) electrons. The van der Waals surface area contributed by atoms with Gasteiger partial charge in [0.2, 0.25) is 5.96 Å². The topological polar surface area (TPSA) is 91.7 Å². The van der Waals surface area contributed by atoms with Gasteiger partial charge in [-0.25, -0.2) is 14.5 Å². The van der Waals surface area contributed by atoms with E-state index in [1.807, 2.05) is 11.8 Å². The summed E-state index contributed by atoms with van der Waals surface area (Å²) >= 11 is 0. The van der Waals surface area contributed by atoms with Gasteiger partial charge in [0.25, 0.3) is 0 Å². The van der Waals surface area contributed by atoms with Gasteiger partial charge in [-0.1, -0.05) is 6.92 Å². The van der Waals surface area contributed by atoms with Gasteiger partial charge in [0, 0.05) is 26.2 Å². The van der Waals surface area contributed by atoms with Crippen LogP contribution in [0, 0.1) is 5.92 Å². The highest BCUT2D eigenvalue weighted by Crippen LogP contribution is 2.22. The third-order valence-electron chi connectivity index (χ3n) is 4.32. The number of piperidine rings is 1. The van der Waals surface area contributed by atoms with Crippen molar-refractivity contribution in [2.75, 3.05) is 26.2 Å². The van der Waals surface area contributed by atoms with E-state index in [-0.39, 0.29) is 12.6 Å². The monoisotopic (exact) mass is 413 g/mol. The Morgan fingerprint density at radius 3 is 2.07 bits per heavy atom. The number of nitrogens with zero attached hydrogens (tertiary/aromatic N) is 3. The first-order chi connectivity index (χ1) is 13.4. The quantitative estimate of drug-likeness (QED) is 0.553. The number of aliphatic hydroxyl groups is 1. The van der Waals surface area contributed by atoms with Crippen LogP contribution in [0.15, 0.2) is 4.99 Å². The van der Waals surface area contributed by atoms with E-state index in [0.29, 0.717) is 32.0 Å². The number of amides is 2. The lowest BCUT2D eigenvalue weighted by molar-refractivity contribution is 0.0341. The molecule has 1 fully saturated rings. The minimum absolute atomic E-state index is 0.170. The predicted octanol–water partition coefficient (Wildman–Crippen LogP) is 4.02. The minimum Gasteiger partial charge on any atom is -0.443 e. The molecule has 1 N–H and O–H groups in total. The Labute approximate surface area is 175 Å². The molecule has 0 bridgehead atoms. The van der Waals surface area contributed by atoms with Crippen molar-refractivity contribution in [1.82, 2.24) is 9.80 Å². The lowest BCUT2D eigenvalue weighted by Crippen LogP contribution is -2.52. The highest BCUT2D eigenvalue weighted by atomic mass is 16.6. The number of carbonyl (C=O) groups is 2. The van der Waals surface area contributed by atoms with E-state index in [9.17, 15) is 14.7 Å². The number of aliphatic imine (C=N–C) groups is 1. The van der Waals surface area contributed by atoms with Crippen LogP contribution in [0.3, 0.4) is 0 Å². The first-order valence-electron chi connectivity index (χ1n) is 10.5. The normalized spacial score (nSPS) is 16.6. The standard InChI is InChI=1S/C21H39N3O5/c1-8-12-24(19(27)29-21(5,6)7)17(22-18(26)28-20(2,3)4)23-13-9-16(10-14-23)11-15-25/h16,25H,8-15H2,1-7H3. The molecule has 29 heavy (non-hydrogen) atoms. The smallest absolute Gasteiger partial charge is 0.437 e. The molecule has 1 rings (SSSR count). The van der Waals surface area contributed by atoms with Crippen molar-refractivity contribution in [2.24, 2.45) is 10.9 Å². The summed E-state index contributed by atoms with van der Waals surface area (Å²) in [5.41, 5.74) is -1.34. The molecule has 0 atom stereocenters. The zero-order valence-electron chi connectivity index (χ0n) is 19.2. The summed E-state index contributed by atoms with van der Waals surface area (Å²) in [6, 6.07) is 0. The van der Waals surface area contributed by atoms with Crippen molar-refractivity contribution in [3.63, 3.8) is 0 Å². The van der Waals surface area contributed by atoms with E-state index in [4.69, 9.17) is 9.47 Å². The van der Waals surface area contributed by atoms with Crippen LogP contribution in [0.25, 0.3) is 0 Å². The average molecular weight is 414 g/mol. The van der Waals surface area contributed by atoms with E-state index in [0.717, 1.165) is 19.3 Å². The zero-order valence-corrected chi connectivity index (χ0v) is 19.2. The van der Waals surface area contributed by atoms with Gasteiger partial charge < -0.3 is 19.5 Å². The maximum absolute atomic E-state index is 12.9. The molecule has 0 spiro atoms. The lowest BCUT2D eigenvalue weighted by atomic mass is 9.94. The number of rotatable bonds is 4. The van der Waals surface area contributed by atoms with Crippen LogP contribution in [0.2, 0.25) is 0 Å². The van der Waals surface area contributed by atoms with Crippen molar-refractivity contribution in [1.29, 1.82) is 0 Å². The molecular weight excluding hydrogens is 374 g/mol. The van der Waals surface area contributed by atoms with Crippen molar-refractivity contribution in [2.45, 2.75) is 85.4 Å². The summed E-state index contributed by atoms with van der Waals surface area (Å²) in [4.78, 5) is 32.9. The van der Waals surface area contributed by atoms with Crippen LogP contribution in [0.1, 0.15) is 74.1 Å². The first kappa shape index (κ1) is 25.2. The number of hydrogen-bond donors (Lipinski definition) is 1. The van der Waals surface area contributed by atoms with E-state index < -0.39 is 23.4 Å². The molecule has 1 saturated heterocycles. The Kier molecular flexibility index (Phi) is 9.39. The number of guanidine groups is 1. The van der Waals surface area contributed by atoms with E-state index in [2.05, 4.69) is 4.99 Å². The molecule has 168 valence electrons. The number of likely N-dealkylation sites (tertiary alicyclic amines) is 1. The van der Waals surface area contributed by atoms with Gasteiger partial charge in [-0.2, -0.15) is 0 Å². The number of carbonyl (C=O) groups excluding carboxylic acids is 2. The van der Waals surface area contributed by atoms with Crippen LogP contribution >= 0.6 is 0 Å². The first-order valence-corrected chi connectivity index (χ1v) is 10.5. The molecule has 1 aliphatic heterocycles. The molecule has 1 heterocycles. The summed E-state index contributed by atoms with van der Waals surface area (Å²) in [5.74, 6) is 0.706.